The molecule has 0 aliphatic carbocycles. The minimum atomic E-state index is -1.86. The second-order valence-corrected chi connectivity index (χ2v) is 10.6. The maximum absolute atomic E-state index is 13.6. The first-order valence-electron chi connectivity index (χ1n) is 13.9. The molecule has 2 aliphatic heterocycles. The number of phenols is 1. The van der Waals surface area contributed by atoms with Crippen molar-refractivity contribution in [2.45, 2.75) is 61.4 Å². The van der Waals surface area contributed by atoms with Gasteiger partial charge in [-0.2, -0.15) is 0 Å². The van der Waals surface area contributed by atoms with Crippen LogP contribution in [0, 0.1) is 0 Å². The summed E-state index contributed by atoms with van der Waals surface area (Å²) in [5.74, 6) is -0.896. The average Bonchev–Trinajstić information content (AvgIpc) is 3.04. The third kappa shape index (κ3) is 6.17. The van der Waals surface area contributed by atoms with Crippen molar-refractivity contribution in [3.05, 3.63) is 40.6 Å². The lowest BCUT2D eigenvalue weighted by atomic mass is 9.99. The summed E-state index contributed by atoms with van der Waals surface area (Å²) in [5, 5.41) is 91.1. The lowest BCUT2D eigenvalue weighted by Crippen LogP contribution is -2.60. The number of hydrogen-bond acceptors (Lipinski definition) is 17. The van der Waals surface area contributed by atoms with Crippen molar-refractivity contribution in [3.63, 3.8) is 0 Å². The monoisotopic (exact) mass is 654 g/mol. The van der Waals surface area contributed by atoms with Crippen molar-refractivity contribution in [1.82, 2.24) is 0 Å². The van der Waals surface area contributed by atoms with Gasteiger partial charge in [0.1, 0.15) is 77.1 Å². The smallest absolute Gasteiger partial charge is 0.229 e. The Bertz CT molecular complexity index is 1560. The number of benzene rings is 2. The molecule has 0 bridgehead atoms. The van der Waals surface area contributed by atoms with Gasteiger partial charge in [-0.3, -0.25) is 4.79 Å². The molecule has 0 amide bonds. The van der Waals surface area contributed by atoms with E-state index in [1.807, 2.05) is 0 Å². The molecule has 3 aromatic rings. The van der Waals surface area contributed by atoms with Crippen molar-refractivity contribution in [1.29, 1.82) is 0 Å². The van der Waals surface area contributed by atoms with Gasteiger partial charge in [-0.25, -0.2) is 0 Å². The molecule has 2 aliphatic rings. The van der Waals surface area contributed by atoms with Crippen molar-refractivity contribution in [3.8, 4) is 40.1 Å². The molecule has 252 valence electrons. The Morgan fingerprint density at radius 1 is 0.674 bits per heavy atom. The fourth-order valence-electron chi connectivity index (χ4n) is 5.16. The molecule has 10 unspecified atom stereocenters. The molecule has 2 fully saturated rings. The number of fused-ring (bicyclic) bond motifs is 1. The third-order valence-corrected chi connectivity index (χ3v) is 7.72. The quantitative estimate of drug-likeness (QED) is 0.116. The lowest BCUT2D eigenvalue weighted by molar-refractivity contribution is -0.278. The van der Waals surface area contributed by atoms with Crippen LogP contribution < -0.4 is 24.4 Å². The molecule has 3 heterocycles. The van der Waals surface area contributed by atoms with E-state index in [1.54, 1.807) is 0 Å². The van der Waals surface area contributed by atoms with Gasteiger partial charge in [-0.15, -0.1) is 0 Å². The Labute approximate surface area is 259 Å². The van der Waals surface area contributed by atoms with Gasteiger partial charge in [0, 0.05) is 23.8 Å². The van der Waals surface area contributed by atoms with Crippen LogP contribution in [0.4, 0.5) is 0 Å². The number of rotatable bonds is 9. The molecule has 2 saturated heterocycles. The molecular weight excluding hydrogens is 620 g/mol. The van der Waals surface area contributed by atoms with E-state index in [-0.39, 0.29) is 51.0 Å². The number of phenolic OH excluding ortho intramolecular Hbond substituents is 1. The predicted octanol–water partition coefficient (Wildman–Crippen LogP) is -2.46. The van der Waals surface area contributed by atoms with Gasteiger partial charge in [0.15, 0.2) is 16.9 Å². The second-order valence-electron chi connectivity index (χ2n) is 10.6. The van der Waals surface area contributed by atoms with Gasteiger partial charge in [-0.1, -0.05) is 0 Å². The number of aromatic hydroxyl groups is 1. The standard InChI is InChI=1S/C29H34O17/c1-40-16-3-10(4-17(41-2)21(16)33)13-7-12(32)20-14(43-13)5-11(42-28-26(38)24(36)22(34)18(8-30)45-28)6-15(20)44-29-27(39)25(37)23(35)19(9-31)46-29/h3-7,18-19,22-31,33-39H,8-9H2,1-2H3. The van der Waals surface area contributed by atoms with Crippen LogP contribution in [-0.4, -0.2) is 135 Å². The summed E-state index contributed by atoms with van der Waals surface area (Å²) >= 11 is 0. The Balaban J connectivity index is 1.62. The number of aliphatic hydroxyl groups excluding tert-OH is 8. The number of methoxy groups -OCH3 is 2. The van der Waals surface area contributed by atoms with Crippen LogP contribution >= 0.6 is 0 Å². The lowest BCUT2D eigenvalue weighted by Gasteiger charge is -2.40. The van der Waals surface area contributed by atoms with E-state index in [4.69, 9.17) is 32.8 Å². The molecule has 0 saturated carbocycles. The summed E-state index contributed by atoms with van der Waals surface area (Å²) in [6, 6.07) is 6.17. The molecule has 10 atom stereocenters. The first-order chi connectivity index (χ1) is 21.9. The highest BCUT2D eigenvalue weighted by Gasteiger charge is 2.46. The largest absolute Gasteiger partial charge is 0.502 e. The van der Waals surface area contributed by atoms with Gasteiger partial charge in [0.25, 0.3) is 0 Å². The first-order valence-corrected chi connectivity index (χ1v) is 13.9. The van der Waals surface area contributed by atoms with Crippen molar-refractivity contribution in [2.75, 3.05) is 27.4 Å². The molecule has 5 rings (SSSR count). The normalized spacial score (nSPS) is 31.4. The topological polar surface area (TPSA) is 268 Å². The maximum atomic E-state index is 13.6. The molecule has 0 spiro atoms. The predicted molar refractivity (Wildman–Crippen MR) is 151 cm³/mol. The minimum absolute atomic E-state index is 0.00318. The fourth-order valence-corrected chi connectivity index (χ4v) is 5.16. The third-order valence-electron chi connectivity index (χ3n) is 7.72. The molecular formula is C29H34O17. The summed E-state index contributed by atoms with van der Waals surface area (Å²) in [6.07, 6.45) is -16.6. The summed E-state index contributed by atoms with van der Waals surface area (Å²) in [6.45, 7) is -1.48. The van der Waals surface area contributed by atoms with Crippen LogP contribution in [0.15, 0.2) is 39.5 Å². The number of hydrogen-bond donors (Lipinski definition) is 9. The first kappa shape index (κ1) is 33.6. The van der Waals surface area contributed by atoms with Gasteiger partial charge in [0.2, 0.25) is 18.3 Å². The molecule has 2 aromatic carbocycles. The van der Waals surface area contributed by atoms with Gasteiger partial charge >= 0.3 is 0 Å². The van der Waals surface area contributed by atoms with E-state index in [1.165, 1.54) is 32.4 Å². The van der Waals surface area contributed by atoms with Crippen molar-refractivity contribution >= 4 is 11.0 Å². The highest BCUT2D eigenvalue weighted by atomic mass is 16.7. The molecule has 17 nitrogen and oxygen atoms in total. The van der Waals surface area contributed by atoms with Crippen LogP contribution in [0.1, 0.15) is 0 Å². The molecule has 1 aromatic heterocycles. The maximum Gasteiger partial charge on any atom is 0.229 e. The molecule has 46 heavy (non-hydrogen) atoms. The van der Waals surface area contributed by atoms with E-state index in [2.05, 4.69) is 0 Å². The highest BCUT2D eigenvalue weighted by molar-refractivity contribution is 5.86. The van der Waals surface area contributed by atoms with Crippen molar-refractivity contribution in [2.24, 2.45) is 0 Å². The number of aliphatic hydroxyl groups is 8. The summed E-state index contributed by atoms with van der Waals surface area (Å²) < 4.78 is 38.8. The summed E-state index contributed by atoms with van der Waals surface area (Å²) in [5.41, 5.74) is -0.654. The minimum Gasteiger partial charge on any atom is -0.502 e. The fraction of sp³-hybridized carbons (Fsp3) is 0.483. The Morgan fingerprint density at radius 3 is 1.70 bits per heavy atom. The van der Waals surface area contributed by atoms with E-state index in [9.17, 15) is 50.8 Å². The SMILES string of the molecule is COc1cc(-c2cc(=O)c3c(OC4OC(CO)C(O)C(O)C4O)cc(OC4OC(CO)C(O)C(O)C4O)cc3o2)cc(OC)c1O. The zero-order valence-electron chi connectivity index (χ0n) is 24.4. The van der Waals surface area contributed by atoms with Crippen LogP contribution in [0.3, 0.4) is 0 Å². The van der Waals surface area contributed by atoms with Crippen LogP contribution in [0.2, 0.25) is 0 Å². The second kappa shape index (κ2) is 13.5. The Hall–Kier alpha value is -3.75. The highest BCUT2D eigenvalue weighted by Crippen LogP contribution is 2.41. The van der Waals surface area contributed by atoms with Crippen molar-refractivity contribution < 1.29 is 78.8 Å². The van der Waals surface area contributed by atoms with E-state index < -0.39 is 80.1 Å². The van der Waals surface area contributed by atoms with E-state index in [0.717, 1.165) is 12.1 Å². The van der Waals surface area contributed by atoms with E-state index in [0.29, 0.717) is 0 Å². The number of ether oxygens (including phenoxy) is 6. The Morgan fingerprint density at radius 2 is 1.20 bits per heavy atom. The zero-order chi connectivity index (χ0) is 33.4. The van der Waals surface area contributed by atoms with Crippen LogP contribution in [-0.2, 0) is 9.47 Å². The van der Waals surface area contributed by atoms with Crippen LogP contribution in [0.25, 0.3) is 22.3 Å². The van der Waals surface area contributed by atoms with Gasteiger partial charge in [0.05, 0.1) is 27.4 Å². The molecule has 0 radical (unpaired) electrons. The van der Waals surface area contributed by atoms with Gasteiger partial charge in [-0.05, 0) is 12.1 Å². The summed E-state index contributed by atoms with van der Waals surface area (Å²) in [7, 11) is 2.61. The average molecular weight is 655 g/mol. The summed E-state index contributed by atoms with van der Waals surface area (Å²) in [4.78, 5) is 13.6. The molecule has 9 N–H and O–H groups in total. The van der Waals surface area contributed by atoms with Gasteiger partial charge < -0.3 is 78.8 Å². The van der Waals surface area contributed by atoms with Crippen LogP contribution in [0.5, 0.6) is 28.7 Å². The Kier molecular flexibility index (Phi) is 9.89. The molecule has 17 heteroatoms. The zero-order valence-corrected chi connectivity index (χ0v) is 24.4. The van der Waals surface area contributed by atoms with E-state index >= 15 is 0 Å².